The van der Waals surface area contributed by atoms with Gasteiger partial charge in [0, 0.05) is 12.7 Å². The van der Waals surface area contributed by atoms with Crippen LogP contribution in [0, 0.1) is 0 Å². The normalized spacial score (nSPS) is 20.0. The van der Waals surface area contributed by atoms with Crippen molar-refractivity contribution in [3.63, 3.8) is 0 Å². The standard InChI is InChI=1S/C15H19NO2/c1-12(13-7-4-3-5-8-13)11-16-10-6-9-14(16)15(17)18-2/h3-5,7-8,11,14H,6,9-10H2,1-2H3/b12-11+. The van der Waals surface area contributed by atoms with Crippen molar-refractivity contribution in [2.45, 2.75) is 25.8 Å². The maximum atomic E-state index is 11.6. The monoisotopic (exact) mass is 245 g/mol. The van der Waals surface area contributed by atoms with E-state index in [0.29, 0.717) is 0 Å². The lowest BCUT2D eigenvalue weighted by Gasteiger charge is -2.21. The van der Waals surface area contributed by atoms with Crippen LogP contribution < -0.4 is 0 Å². The molecule has 3 heteroatoms. The van der Waals surface area contributed by atoms with Gasteiger partial charge in [-0.3, -0.25) is 0 Å². The Labute approximate surface area is 108 Å². The molecule has 0 saturated carbocycles. The molecule has 0 amide bonds. The summed E-state index contributed by atoms with van der Waals surface area (Å²) in [7, 11) is 1.45. The van der Waals surface area contributed by atoms with E-state index in [4.69, 9.17) is 4.74 Å². The molecule has 1 aliphatic rings. The average molecular weight is 245 g/mol. The number of benzene rings is 1. The third-order valence-corrected chi connectivity index (χ3v) is 3.36. The number of hydrogen-bond donors (Lipinski definition) is 0. The first-order valence-corrected chi connectivity index (χ1v) is 6.30. The molecule has 2 rings (SSSR count). The molecule has 1 aliphatic heterocycles. The number of hydrogen-bond acceptors (Lipinski definition) is 3. The fourth-order valence-electron chi connectivity index (χ4n) is 2.36. The van der Waals surface area contributed by atoms with E-state index in [-0.39, 0.29) is 12.0 Å². The van der Waals surface area contributed by atoms with Crippen molar-refractivity contribution in [2.75, 3.05) is 13.7 Å². The van der Waals surface area contributed by atoms with Gasteiger partial charge in [0.25, 0.3) is 0 Å². The van der Waals surface area contributed by atoms with Crippen LogP contribution >= 0.6 is 0 Å². The summed E-state index contributed by atoms with van der Waals surface area (Å²) in [5.74, 6) is -0.135. The first-order chi connectivity index (χ1) is 8.72. The van der Waals surface area contributed by atoms with E-state index in [2.05, 4.69) is 30.2 Å². The Morgan fingerprint density at radius 3 is 2.78 bits per heavy atom. The van der Waals surface area contributed by atoms with Crippen molar-refractivity contribution in [3.8, 4) is 0 Å². The smallest absolute Gasteiger partial charge is 0.328 e. The Morgan fingerprint density at radius 2 is 2.11 bits per heavy atom. The largest absolute Gasteiger partial charge is 0.467 e. The lowest BCUT2D eigenvalue weighted by Crippen LogP contribution is -2.33. The van der Waals surface area contributed by atoms with Crippen molar-refractivity contribution < 1.29 is 9.53 Å². The summed E-state index contributed by atoms with van der Waals surface area (Å²) in [5, 5.41) is 0. The van der Waals surface area contributed by atoms with E-state index >= 15 is 0 Å². The second-order valence-corrected chi connectivity index (χ2v) is 4.60. The van der Waals surface area contributed by atoms with Crippen LogP contribution in [-0.2, 0) is 9.53 Å². The van der Waals surface area contributed by atoms with Crippen LogP contribution in [-0.4, -0.2) is 30.6 Å². The molecule has 1 aromatic rings. The van der Waals surface area contributed by atoms with Crippen LogP contribution in [0.25, 0.3) is 5.57 Å². The van der Waals surface area contributed by atoms with Crippen molar-refractivity contribution in [2.24, 2.45) is 0 Å². The lowest BCUT2D eigenvalue weighted by atomic mass is 10.1. The predicted octanol–water partition coefficient (Wildman–Crippen LogP) is 2.68. The summed E-state index contributed by atoms with van der Waals surface area (Å²) in [6.45, 7) is 2.99. The minimum Gasteiger partial charge on any atom is -0.467 e. The highest BCUT2D eigenvalue weighted by atomic mass is 16.5. The fourth-order valence-corrected chi connectivity index (χ4v) is 2.36. The average Bonchev–Trinajstić information content (AvgIpc) is 2.87. The van der Waals surface area contributed by atoms with E-state index in [1.54, 1.807) is 0 Å². The summed E-state index contributed by atoms with van der Waals surface area (Å²) in [5.41, 5.74) is 2.36. The molecule has 18 heavy (non-hydrogen) atoms. The Balaban J connectivity index is 2.14. The van der Waals surface area contributed by atoms with E-state index in [9.17, 15) is 4.79 Å². The lowest BCUT2D eigenvalue weighted by molar-refractivity contribution is -0.144. The second kappa shape index (κ2) is 5.71. The molecule has 0 radical (unpaired) electrons. The number of likely N-dealkylation sites (tertiary alicyclic amines) is 1. The van der Waals surface area contributed by atoms with Gasteiger partial charge >= 0.3 is 5.97 Å². The van der Waals surface area contributed by atoms with Crippen LogP contribution in [0.4, 0.5) is 0 Å². The molecule has 1 unspecified atom stereocenters. The molecule has 1 saturated heterocycles. The molecule has 1 atom stereocenters. The van der Waals surface area contributed by atoms with E-state index in [0.717, 1.165) is 19.4 Å². The maximum absolute atomic E-state index is 11.6. The van der Waals surface area contributed by atoms with Crippen molar-refractivity contribution >= 4 is 11.5 Å². The second-order valence-electron chi connectivity index (χ2n) is 4.60. The molecule has 0 N–H and O–H groups in total. The summed E-state index contributed by atoms with van der Waals surface area (Å²) in [4.78, 5) is 13.7. The molecule has 1 heterocycles. The third kappa shape index (κ3) is 2.73. The SMILES string of the molecule is COC(=O)C1CCCN1/C=C(\C)c1ccccc1. The first-order valence-electron chi connectivity index (χ1n) is 6.30. The molecule has 0 spiro atoms. The minimum atomic E-state index is -0.135. The van der Waals surface area contributed by atoms with Crippen LogP contribution in [0.3, 0.4) is 0 Å². The van der Waals surface area contributed by atoms with Gasteiger partial charge < -0.3 is 9.64 Å². The van der Waals surface area contributed by atoms with Gasteiger partial charge in [0.15, 0.2) is 0 Å². The summed E-state index contributed by atoms with van der Waals surface area (Å²) >= 11 is 0. The zero-order valence-electron chi connectivity index (χ0n) is 10.9. The molecule has 0 aromatic heterocycles. The fraction of sp³-hybridized carbons (Fsp3) is 0.400. The molecular weight excluding hydrogens is 226 g/mol. The van der Waals surface area contributed by atoms with Crippen LogP contribution in [0.1, 0.15) is 25.3 Å². The highest BCUT2D eigenvalue weighted by Gasteiger charge is 2.29. The number of carbonyl (C=O) groups excluding carboxylic acids is 1. The molecule has 0 aliphatic carbocycles. The van der Waals surface area contributed by atoms with Gasteiger partial charge in [-0.05, 0) is 30.9 Å². The van der Waals surface area contributed by atoms with Gasteiger partial charge in [-0.25, -0.2) is 4.79 Å². The zero-order valence-corrected chi connectivity index (χ0v) is 10.9. The molecule has 1 aromatic carbocycles. The third-order valence-electron chi connectivity index (χ3n) is 3.36. The van der Waals surface area contributed by atoms with E-state index in [1.807, 2.05) is 18.2 Å². The Kier molecular flexibility index (Phi) is 4.03. The summed E-state index contributed by atoms with van der Waals surface area (Å²) < 4.78 is 4.84. The first kappa shape index (κ1) is 12.7. The number of methoxy groups -OCH3 is 1. The maximum Gasteiger partial charge on any atom is 0.328 e. The van der Waals surface area contributed by atoms with Crippen molar-refractivity contribution in [1.29, 1.82) is 0 Å². The van der Waals surface area contributed by atoms with Gasteiger partial charge in [0.1, 0.15) is 6.04 Å². The summed E-state index contributed by atoms with van der Waals surface area (Å²) in [6.07, 6.45) is 3.99. The number of carbonyl (C=O) groups is 1. The number of rotatable bonds is 3. The highest BCUT2D eigenvalue weighted by molar-refractivity contribution is 5.76. The summed E-state index contributed by atoms with van der Waals surface area (Å²) in [6, 6.07) is 10.1. The molecular formula is C15H19NO2. The van der Waals surface area contributed by atoms with Crippen LogP contribution in [0.2, 0.25) is 0 Å². The van der Waals surface area contributed by atoms with Crippen LogP contribution in [0.5, 0.6) is 0 Å². The number of nitrogens with zero attached hydrogens (tertiary/aromatic N) is 1. The molecule has 3 nitrogen and oxygen atoms in total. The Morgan fingerprint density at radius 1 is 1.39 bits per heavy atom. The number of esters is 1. The number of allylic oxidation sites excluding steroid dienone is 1. The van der Waals surface area contributed by atoms with Crippen molar-refractivity contribution in [1.82, 2.24) is 4.90 Å². The predicted molar refractivity (Wildman–Crippen MR) is 71.8 cm³/mol. The Hall–Kier alpha value is -1.77. The zero-order chi connectivity index (χ0) is 13.0. The minimum absolute atomic E-state index is 0.117. The van der Waals surface area contributed by atoms with Gasteiger partial charge in [-0.1, -0.05) is 30.3 Å². The highest BCUT2D eigenvalue weighted by Crippen LogP contribution is 2.22. The van der Waals surface area contributed by atoms with Gasteiger partial charge in [0.2, 0.25) is 0 Å². The van der Waals surface area contributed by atoms with Gasteiger partial charge in [-0.2, -0.15) is 0 Å². The molecule has 1 fully saturated rings. The van der Waals surface area contributed by atoms with Gasteiger partial charge in [-0.15, -0.1) is 0 Å². The quantitative estimate of drug-likeness (QED) is 0.767. The van der Waals surface area contributed by atoms with Crippen molar-refractivity contribution in [3.05, 3.63) is 42.1 Å². The van der Waals surface area contributed by atoms with E-state index in [1.165, 1.54) is 18.2 Å². The molecule has 0 bridgehead atoms. The van der Waals surface area contributed by atoms with E-state index < -0.39 is 0 Å². The topological polar surface area (TPSA) is 29.5 Å². The Bertz CT molecular complexity index is 439. The molecule has 96 valence electrons. The van der Waals surface area contributed by atoms with Crippen LogP contribution in [0.15, 0.2) is 36.5 Å². The van der Waals surface area contributed by atoms with Gasteiger partial charge in [0.05, 0.1) is 7.11 Å². The number of ether oxygens (including phenoxy) is 1.